The Morgan fingerprint density at radius 3 is 2.47 bits per heavy atom. The van der Waals surface area contributed by atoms with Crippen molar-refractivity contribution in [1.29, 1.82) is 5.26 Å². The summed E-state index contributed by atoms with van der Waals surface area (Å²) in [5.41, 5.74) is 5.07. The zero-order chi connectivity index (χ0) is 25.5. The number of benzene rings is 3. The van der Waals surface area contributed by atoms with Crippen LogP contribution < -0.4 is 10.1 Å². The largest absolute Gasteiger partial charge is 0.491 e. The van der Waals surface area contributed by atoms with Gasteiger partial charge in [0.25, 0.3) is 0 Å². The normalized spacial score (nSPS) is 10.7. The molecule has 0 aliphatic heterocycles. The third-order valence-corrected chi connectivity index (χ3v) is 6.04. The molecule has 3 aromatic carbocycles. The van der Waals surface area contributed by atoms with E-state index >= 15 is 0 Å². The van der Waals surface area contributed by atoms with E-state index in [2.05, 4.69) is 22.9 Å². The Balaban J connectivity index is 1.57. The van der Waals surface area contributed by atoms with E-state index in [0.29, 0.717) is 37.6 Å². The maximum Gasteiger partial charge on any atom is 0.321 e. The molecule has 2 amide bonds. The fraction of sp³-hybridized carbons (Fsp3) is 0.241. The highest BCUT2D eigenvalue weighted by Crippen LogP contribution is 2.35. The monoisotopic (exact) mass is 482 g/mol. The predicted octanol–water partition coefficient (Wildman–Crippen LogP) is 5.89. The molecule has 0 fully saturated rings. The summed E-state index contributed by atoms with van der Waals surface area (Å²) in [4.78, 5) is 14.3. The fourth-order valence-electron chi connectivity index (χ4n) is 4.26. The number of aromatic nitrogens is 1. The minimum Gasteiger partial charge on any atom is -0.491 e. The van der Waals surface area contributed by atoms with Gasteiger partial charge in [-0.2, -0.15) is 5.26 Å². The first-order chi connectivity index (χ1) is 17.5. The molecule has 36 heavy (non-hydrogen) atoms. The Morgan fingerprint density at radius 1 is 1.06 bits per heavy atom. The summed E-state index contributed by atoms with van der Waals surface area (Å²) in [6, 6.07) is 25.4. The molecule has 7 heteroatoms. The Hall–Kier alpha value is -4.28. The van der Waals surface area contributed by atoms with E-state index in [1.807, 2.05) is 72.8 Å². The van der Waals surface area contributed by atoms with Crippen molar-refractivity contribution in [3.63, 3.8) is 0 Å². The van der Waals surface area contributed by atoms with E-state index in [1.165, 1.54) is 0 Å². The van der Waals surface area contributed by atoms with Gasteiger partial charge in [-0.1, -0.05) is 42.5 Å². The third-order valence-electron chi connectivity index (χ3n) is 6.04. The molecule has 1 N–H and O–H groups in total. The van der Waals surface area contributed by atoms with E-state index in [1.54, 1.807) is 19.1 Å². The quantitative estimate of drug-likeness (QED) is 0.302. The van der Waals surface area contributed by atoms with Gasteiger partial charge in [-0.05, 0) is 42.3 Å². The molecule has 4 rings (SSSR count). The smallest absolute Gasteiger partial charge is 0.321 e. The lowest BCUT2D eigenvalue weighted by molar-refractivity contribution is 0.146. The Bertz CT molecular complexity index is 1370. The van der Waals surface area contributed by atoms with Gasteiger partial charge < -0.3 is 24.3 Å². The van der Waals surface area contributed by atoms with Crippen molar-refractivity contribution in [2.24, 2.45) is 0 Å². The molecule has 7 nitrogen and oxygen atoms in total. The number of nitriles is 1. The minimum absolute atomic E-state index is 0.187. The van der Waals surface area contributed by atoms with Gasteiger partial charge in [0, 0.05) is 44.4 Å². The molecule has 0 unspecified atom stereocenters. The number of methoxy groups -OCH3 is 1. The van der Waals surface area contributed by atoms with Crippen molar-refractivity contribution < 1.29 is 14.3 Å². The van der Waals surface area contributed by atoms with Crippen LogP contribution in [0.3, 0.4) is 0 Å². The Morgan fingerprint density at radius 2 is 1.81 bits per heavy atom. The number of nitrogens with one attached hydrogen (secondary N) is 1. The second kappa shape index (κ2) is 11.4. The number of carbonyl (C=O) groups excluding carboxylic acids is 1. The summed E-state index contributed by atoms with van der Waals surface area (Å²) in [6.07, 6.45) is 0. The number of fused-ring (bicyclic) bond motifs is 1. The molecule has 0 bridgehead atoms. The van der Waals surface area contributed by atoms with Crippen LogP contribution in [0, 0.1) is 11.3 Å². The van der Waals surface area contributed by atoms with Crippen LogP contribution in [0.15, 0.2) is 72.8 Å². The lowest BCUT2D eigenvalue weighted by Gasteiger charge is -2.18. The highest BCUT2D eigenvalue weighted by Gasteiger charge is 2.19. The van der Waals surface area contributed by atoms with E-state index < -0.39 is 0 Å². The SMILES string of the molecule is CCn1c(-c2ccc(NC(=O)N(C)Cc3ccccc3)cc2)c(C#N)c2ccc(OCCOC)cc21. The lowest BCUT2D eigenvalue weighted by Crippen LogP contribution is -2.30. The van der Waals surface area contributed by atoms with Crippen molar-refractivity contribution in [2.75, 3.05) is 32.7 Å². The second-order valence-corrected chi connectivity index (χ2v) is 8.45. The average molecular weight is 483 g/mol. The molecular formula is C29H30N4O3. The summed E-state index contributed by atoms with van der Waals surface area (Å²) in [7, 11) is 3.41. The number of hydrogen-bond acceptors (Lipinski definition) is 4. The van der Waals surface area contributed by atoms with Crippen molar-refractivity contribution in [2.45, 2.75) is 20.0 Å². The highest BCUT2D eigenvalue weighted by molar-refractivity contribution is 5.96. The van der Waals surface area contributed by atoms with Crippen molar-refractivity contribution in [1.82, 2.24) is 9.47 Å². The average Bonchev–Trinajstić information content (AvgIpc) is 3.22. The summed E-state index contributed by atoms with van der Waals surface area (Å²) >= 11 is 0. The Labute approximate surface area is 211 Å². The van der Waals surface area contributed by atoms with Crippen LogP contribution in [-0.4, -0.2) is 42.9 Å². The van der Waals surface area contributed by atoms with E-state index in [4.69, 9.17) is 9.47 Å². The maximum atomic E-state index is 12.7. The number of aryl methyl sites for hydroxylation is 1. The molecular weight excluding hydrogens is 452 g/mol. The van der Waals surface area contributed by atoms with Crippen LogP contribution in [0.25, 0.3) is 22.2 Å². The van der Waals surface area contributed by atoms with E-state index in [9.17, 15) is 10.1 Å². The number of hydrogen-bond donors (Lipinski definition) is 1. The number of ether oxygens (including phenoxy) is 2. The molecule has 184 valence electrons. The topological polar surface area (TPSA) is 79.5 Å². The minimum atomic E-state index is -0.187. The van der Waals surface area contributed by atoms with Crippen LogP contribution in [-0.2, 0) is 17.8 Å². The van der Waals surface area contributed by atoms with Crippen LogP contribution in [0.2, 0.25) is 0 Å². The zero-order valence-corrected chi connectivity index (χ0v) is 20.8. The third kappa shape index (κ3) is 5.35. The van der Waals surface area contributed by atoms with Crippen LogP contribution in [0.5, 0.6) is 5.75 Å². The predicted molar refractivity (Wildman–Crippen MR) is 142 cm³/mol. The first-order valence-corrected chi connectivity index (χ1v) is 11.9. The van der Waals surface area contributed by atoms with Gasteiger partial charge >= 0.3 is 6.03 Å². The second-order valence-electron chi connectivity index (χ2n) is 8.45. The molecule has 0 aliphatic rings. The molecule has 0 saturated carbocycles. The number of urea groups is 1. The first-order valence-electron chi connectivity index (χ1n) is 11.9. The summed E-state index contributed by atoms with van der Waals surface area (Å²) < 4.78 is 13.0. The van der Waals surface area contributed by atoms with Gasteiger partial charge in [-0.15, -0.1) is 0 Å². The fourth-order valence-corrected chi connectivity index (χ4v) is 4.26. The molecule has 4 aromatic rings. The van der Waals surface area contributed by atoms with E-state index in [-0.39, 0.29) is 6.03 Å². The number of carbonyl (C=O) groups is 1. The number of rotatable bonds is 9. The van der Waals surface area contributed by atoms with Gasteiger partial charge in [0.1, 0.15) is 18.4 Å². The summed E-state index contributed by atoms with van der Waals surface area (Å²) in [5.74, 6) is 0.737. The molecule has 0 atom stereocenters. The van der Waals surface area contributed by atoms with Crippen LogP contribution in [0.1, 0.15) is 18.1 Å². The number of amides is 2. The molecule has 0 saturated heterocycles. The van der Waals surface area contributed by atoms with Crippen molar-refractivity contribution >= 4 is 22.6 Å². The van der Waals surface area contributed by atoms with Gasteiger partial charge in [-0.3, -0.25) is 0 Å². The number of nitrogens with zero attached hydrogens (tertiary/aromatic N) is 3. The summed E-state index contributed by atoms with van der Waals surface area (Å²) in [6.45, 7) is 4.23. The molecule has 0 radical (unpaired) electrons. The van der Waals surface area contributed by atoms with Crippen molar-refractivity contribution in [3.8, 4) is 23.1 Å². The van der Waals surface area contributed by atoms with Gasteiger partial charge in [0.05, 0.1) is 23.4 Å². The van der Waals surface area contributed by atoms with Gasteiger partial charge in [-0.25, -0.2) is 4.79 Å². The maximum absolute atomic E-state index is 12.7. The lowest BCUT2D eigenvalue weighted by atomic mass is 10.1. The van der Waals surface area contributed by atoms with Crippen LogP contribution in [0.4, 0.5) is 10.5 Å². The van der Waals surface area contributed by atoms with Crippen LogP contribution >= 0.6 is 0 Å². The van der Waals surface area contributed by atoms with Crippen molar-refractivity contribution in [3.05, 3.63) is 83.9 Å². The van der Waals surface area contributed by atoms with E-state index in [0.717, 1.165) is 33.5 Å². The zero-order valence-electron chi connectivity index (χ0n) is 20.8. The standard InChI is InChI=1S/C29H30N4O3/c1-4-33-27-18-24(36-17-16-35-3)14-15-25(27)26(19-30)28(33)22-10-12-23(13-11-22)31-29(34)32(2)20-21-8-6-5-7-9-21/h5-15,18H,4,16-17,20H2,1-3H3,(H,31,34). The highest BCUT2D eigenvalue weighted by atomic mass is 16.5. The Kier molecular flexibility index (Phi) is 7.89. The number of anilines is 1. The molecule has 1 aromatic heterocycles. The molecule has 0 spiro atoms. The molecule has 1 heterocycles. The van der Waals surface area contributed by atoms with Gasteiger partial charge in [0.2, 0.25) is 0 Å². The summed E-state index contributed by atoms with van der Waals surface area (Å²) in [5, 5.41) is 13.8. The van der Waals surface area contributed by atoms with Gasteiger partial charge in [0.15, 0.2) is 0 Å². The molecule has 0 aliphatic carbocycles. The first kappa shape index (κ1) is 24.8.